The van der Waals surface area contributed by atoms with Crippen molar-refractivity contribution in [2.24, 2.45) is 0 Å². The maximum Gasteiger partial charge on any atom is 0.177 e. The summed E-state index contributed by atoms with van der Waals surface area (Å²) in [4.78, 5) is 10.9. The van der Waals surface area contributed by atoms with E-state index in [1.807, 2.05) is 0 Å². The molecule has 4 nitrogen and oxygen atoms in total. The molecule has 0 heterocycles. The molecule has 4 heteroatoms. The van der Waals surface area contributed by atoms with Crippen LogP contribution in [0.1, 0.15) is 26.2 Å². The van der Waals surface area contributed by atoms with Gasteiger partial charge in [0.25, 0.3) is 0 Å². The number of nitrogens with one attached hydrogen (secondary N) is 1. The summed E-state index contributed by atoms with van der Waals surface area (Å²) >= 11 is 0. The predicted molar refractivity (Wildman–Crippen MR) is 50.5 cm³/mol. The van der Waals surface area contributed by atoms with Crippen molar-refractivity contribution >= 4 is 5.78 Å². The number of unbranched alkanes of at least 4 members (excludes halogenated alkanes) is 2. The number of aliphatic hydroxyl groups excluding tert-OH is 2. The van der Waals surface area contributed by atoms with Crippen molar-refractivity contribution in [2.75, 3.05) is 19.7 Å². The van der Waals surface area contributed by atoms with Gasteiger partial charge in [0.1, 0.15) is 6.10 Å². The van der Waals surface area contributed by atoms with Crippen molar-refractivity contribution in [3.63, 3.8) is 0 Å². The van der Waals surface area contributed by atoms with E-state index in [0.717, 1.165) is 25.8 Å². The molecule has 0 fully saturated rings. The monoisotopic (exact) mass is 189 g/mol. The Kier molecular flexibility index (Phi) is 7.88. The van der Waals surface area contributed by atoms with Gasteiger partial charge in [-0.2, -0.15) is 0 Å². The maximum atomic E-state index is 10.9. The molecule has 0 aliphatic rings. The van der Waals surface area contributed by atoms with Crippen LogP contribution in [0.25, 0.3) is 0 Å². The molecule has 0 bridgehead atoms. The molecule has 0 aromatic rings. The molecular formula is C9H19NO3. The summed E-state index contributed by atoms with van der Waals surface area (Å²) in [6.45, 7) is 2.55. The second kappa shape index (κ2) is 8.16. The fraction of sp³-hybridized carbons (Fsp3) is 0.889. The number of rotatable bonds is 8. The highest BCUT2D eigenvalue weighted by atomic mass is 16.3. The molecule has 0 rings (SSSR count). The standard InChI is InChI=1S/C9H19NO3/c1-2-3-4-5-10-6-8(12)9(13)7-11/h9-11,13H,2-7H2,1H3. The molecule has 0 saturated heterocycles. The SMILES string of the molecule is CCCCCNCC(=O)C(O)CO. The summed E-state index contributed by atoms with van der Waals surface area (Å²) in [6.07, 6.45) is 2.11. The van der Waals surface area contributed by atoms with Gasteiger partial charge in [0.2, 0.25) is 0 Å². The van der Waals surface area contributed by atoms with Crippen LogP contribution in [0, 0.1) is 0 Å². The van der Waals surface area contributed by atoms with Gasteiger partial charge < -0.3 is 15.5 Å². The highest BCUT2D eigenvalue weighted by Gasteiger charge is 2.11. The van der Waals surface area contributed by atoms with Crippen molar-refractivity contribution in [1.82, 2.24) is 5.32 Å². The van der Waals surface area contributed by atoms with Gasteiger partial charge in [-0.05, 0) is 13.0 Å². The van der Waals surface area contributed by atoms with Crippen molar-refractivity contribution in [3.05, 3.63) is 0 Å². The van der Waals surface area contributed by atoms with E-state index in [0.29, 0.717) is 0 Å². The average Bonchev–Trinajstić information content (AvgIpc) is 2.16. The zero-order valence-electron chi connectivity index (χ0n) is 8.12. The summed E-state index contributed by atoms with van der Waals surface area (Å²) in [5, 5.41) is 20.3. The van der Waals surface area contributed by atoms with Crippen LogP contribution >= 0.6 is 0 Å². The van der Waals surface area contributed by atoms with Gasteiger partial charge in [-0.3, -0.25) is 4.79 Å². The molecule has 0 aromatic carbocycles. The summed E-state index contributed by atoms with van der Waals surface area (Å²) < 4.78 is 0. The Morgan fingerprint density at radius 1 is 1.46 bits per heavy atom. The van der Waals surface area contributed by atoms with Crippen LogP contribution in [0.3, 0.4) is 0 Å². The van der Waals surface area contributed by atoms with E-state index in [1.54, 1.807) is 0 Å². The first-order valence-corrected chi connectivity index (χ1v) is 4.74. The van der Waals surface area contributed by atoms with Crippen molar-refractivity contribution in [2.45, 2.75) is 32.3 Å². The Labute approximate surface area is 79.0 Å². The molecular weight excluding hydrogens is 170 g/mol. The Balaban J connectivity index is 3.27. The van der Waals surface area contributed by atoms with Crippen LogP contribution in [-0.2, 0) is 4.79 Å². The number of hydrogen-bond acceptors (Lipinski definition) is 4. The Bertz CT molecular complexity index is 139. The van der Waals surface area contributed by atoms with E-state index in [4.69, 9.17) is 10.2 Å². The number of carbonyl (C=O) groups is 1. The van der Waals surface area contributed by atoms with Crippen LogP contribution in [-0.4, -0.2) is 41.8 Å². The van der Waals surface area contributed by atoms with Crippen LogP contribution in [0.15, 0.2) is 0 Å². The second-order valence-corrected chi connectivity index (χ2v) is 3.05. The number of aliphatic hydroxyl groups is 2. The predicted octanol–water partition coefficient (Wildman–Crippen LogP) is -0.311. The van der Waals surface area contributed by atoms with Crippen molar-refractivity contribution in [1.29, 1.82) is 0 Å². The quantitative estimate of drug-likeness (QED) is 0.458. The van der Waals surface area contributed by atoms with Gasteiger partial charge in [0, 0.05) is 0 Å². The molecule has 0 spiro atoms. The first kappa shape index (κ1) is 12.6. The normalized spacial score (nSPS) is 12.8. The molecule has 13 heavy (non-hydrogen) atoms. The molecule has 0 radical (unpaired) electrons. The minimum atomic E-state index is -1.22. The maximum absolute atomic E-state index is 10.9. The fourth-order valence-corrected chi connectivity index (χ4v) is 0.931. The zero-order valence-corrected chi connectivity index (χ0v) is 8.12. The number of carbonyl (C=O) groups excluding carboxylic acids is 1. The Morgan fingerprint density at radius 2 is 2.15 bits per heavy atom. The van der Waals surface area contributed by atoms with Gasteiger partial charge in [-0.1, -0.05) is 19.8 Å². The van der Waals surface area contributed by atoms with E-state index in [2.05, 4.69) is 12.2 Å². The number of hydrogen-bond donors (Lipinski definition) is 3. The van der Waals surface area contributed by atoms with Crippen LogP contribution in [0.5, 0.6) is 0 Å². The third-order valence-corrected chi connectivity index (χ3v) is 1.80. The molecule has 3 N–H and O–H groups in total. The van der Waals surface area contributed by atoms with Gasteiger partial charge in [-0.15, -0.1) is 0 Å². The molecule has 0 saturated carbocycles. The van der Waals surface area contributed by atoms with E-state index in [9.17, 15) is 4.79 Å². The lowest BCUT2D eigenvalue weighted by molar-refractivity contribution is -0.128. The average molecular weight is 189 g/mol. The lowest BCUT2D eigenvalue weighted by Gasteiger charge is -2.06. The van der Waals surface area contributed by atoms with E-state index in [1.165, 1.54) is 0 Å². The number of ketones is 1. The number of Topliss-reactive ketones (excluding diaryl/α,β-unsaturated/α-hetero) is 1. The van der Waals surface area contributed by atoms with Gasteiger partial charge >= 0.3 is 0 Å². The van der Waals surface area contributed by atoms with E-state index < -0.39 is 12.7 Å². The van der Waals surface area contributed by atoms with E-state index in [-0.39, 0.29) is 12.3 Å². The molecule has 0 aliphatic heterocycles. The van der Waals surface area contributed by atoms with Crippen molar-refractivity contribution in [3.8, 4) is 0 Å². The van der Waals surface area contributed by atoms with E-state index >= 15 is 0 Å². The largest absolute Gasteiger partial charge is 0.393 e. The minimum Gasteiger partial charge on any atom is -0.393 e. The van der Waals surface area contributed by atoms with Crippen LogP contribution < -0.4 is 5.32 Å². The second-order valence-electron chi connectivity index (χ2n) is 3.05. The summed E-state index contributed by atoms with van der Waals surface area (Å²) in [6, 6.07) is 0. The molecule has 0 amide bonds. The third kappa shape index (κ3) is 6.69. The van der Waals surface area contributed by atoms with Gasteiger partial charge in [0.15, 0.2) is 5.78 Å². The first-order valence-electron chi connectivity index (χ1n) is 4.74. The topological polar surface area (TPSA) is 69.6 Å². The zero-order chi connectivity index (χ0) is 10.1. The lowest BCUT2D eigenvalue weighted by Crippen LogP contribution is -2.34. The van der Waals surface area contributed by atoms with Gasteiger partial charge in [0.05, 0.1) is 13.2 Å². The Hall–Kier alpha value is -0.450. The van der Waals surface area contributed by atoms with Crippen LogP contribution in [0.2, 0.25) is 0 Å². The van der Waals surface area contributed by atoms with Crippen molar-refractivity contribution < 1.29 is 15.0 Å². The summed E-state index contributed by atoms with van der Waals surface area (Å²) in [5.41, 5.74) is 0. The van der Waals surface area contributed by atoms with Gasteiger partial charge in [-0.25, -0.2) is 0 Å². The van der Waals surface area contributed by atoms with Crippen LogP contribution in [0.4, 0.5) is 0 Å². The highest BCUT2D eigenvalue weighted by molar-refractivity contribution is 5.84. The lowest BCUT2D eigenvalue weighted by atomic mass is 10.2. The molecule has 1 unspecified atom stereocenters. The molecule has 1 atom stereocenters. The summed E-state index contributed by atoms with van der Waals surface area (Å²) in [7, 11) is 0. The molecule has 78 valence electrons. The third-order valence-electron chi connectivity index (χ3n) is 1.80. The minimum absolute atomic E-state index is 0.144. The summed E-state index contributed by atoms with van der Waals surface area (Å²) in [5.74, 6) is -0.348. The molecule has 0 aromatic heterocycles. The molecule has 0 aliphatic carbocycles. The highest BCUT2D eigenvalue weighted by Crippen LogP contribution is 1.91. The smallest absolute Gasteiger partial charge is 0.177 e. The first-order chi connectivity index (χ1) is 6.22. The fourth-order valence-electron chi connectivity index (χ4n) is 0.931. The Morgan fingerprint density at radius 3 is 2.69 bits per heavy atom.